The van der Waals surface area contributed by atoms with Crippen LogP contribution in [-0.4, -0.2) is 4.57 Å². The van der Waals surface area contributed by atoms with E-state index >= 15 is 0 Å². The minimum Gasteiger partial charge on any atom is -0.488 e. The molecule has 0 fully saturated rings. The van der Waals surface area contributed by atoms with E-state index in [0.29, 0.717) is 6.61 Å². The van der Waals surface area contributed by atoms with E-state index in [2.05, 4.69) is 15.9 Å². The van der Waals surface area contributed by atoms with E-state index in [0.717, 1.165) is 28.3 Å². The fourth-order valence-electron chi connectivity index (χ4n) is 2.11. The lowest BCUT2D eigenvalue weighted by Gasteiger charge is -2.10. The number of rotatable bonds is 5. The van der Waals surface area contributed by atoms with Gasteiger partial charge in [0.1, 0.15) is 18.2 Å². The first-order valence-corrected chi connectivity index (χ1v) is 6.32. The molecule has 2 aromatic rings. The number of ether oxygens (including phenoxy) is 1. The van der Waals surface area contributed by atoms with E-state index in [9.17, 15) is 0 Å². The van der Waals surface area contributed by atoms with Crippen molar-refractivity contribution in [3.05, 3.63) is 47.2 Å². The van der Waals surface area contributed by atoms with Gasteiger partial charge >= 0.3 is 0 Å². The molecule has 20 heavy (non-hydrogen) atoms. The van der Waals surface area contributed by atoms with Crippen molar-refractivity contribution in [3.8, 4) is 5.75 Å². The summed E-state index contributed by atoms with van der Waals surface area (Å²) in [6, 6.07) is 7.93. The summed E-state index contributed by atoms with van der Waals surface area (Å²) in [5.74, 6) is 6.72. The molecular weight excluding hydrogens is 254 g/mol. The number of aryl methyl sites for hydroxylation is 3. The first-order chi connectivity index (χ1) is 9.63. The molecule has 0 saturated carbocycles. The van der Waals surface area contributed by atoms with Gasteiger partial charge in [0.05, 0.1) is 0 Å². The number of para-hydroxylation sites is 1. The van der Waals surface area contributed by atoms with Gasteiger partial charge in [0, 0.05) is 18.8 Å². The van der Waals surface area contributed by atoms with Gasteiger partial charge in [-0.05, 0) is 31.0 Å². The molecule has 0 atom stereocenters. The van der Waals surface area contributed by atoms with E-state index in [4.69, 9.17) is 10.6 Å². The molecule has 0 aliphatic rings. The zero-order valence-electron chi connectivity index (χ0n) is 11.9. The van der Waals surface area contributed by atoms with Crippen molar-refractivity contribution in [2.75, 3.05) is 5.43 Å². The van der Waals surface area contributed by atoms with Crippen LogP contribution in [0.3, 0.4) is 0 Å². The Labute approximate surface area is 118 Å². The number of nitrogens with two attached hydrogens (primary N) is 1. The molecule has 0 radical (unpaired) electrons. The molecular formula is C14H19N5O. The maximum Gasteiger partial charge on any atom is 0.134 e. The number of hydrogen-bond donors (Lipinski definition) is 2. The summed E-state index contributed by atoms with van der Waals surface area (Å²) in [6.07, 6.45) is 2.00. The topological polar surface area (TPSA) is 76.9 Å². The third-order valence-corrected chi connectivity index (χ3v) is 3.18. The van der Waals surface area contributed by atoms with E-state index in [1.54, 1.807) is 0 Å². The predicted molar refractivity (Wildman–Crippen MR) is 78.3 cm³/mol. The predicted octanol–water partition coefficient (Wildman–Crippen LogP) is 2.87. The number of aromatic nitrogens is 1. The van der Waals surface area contributed by atoms with Gasteiger partial charge in [-0.3, -0.25) is 0 Å². The molecule has 1 heterocycles. The summed E-state index contributed by atoms with van der Waals surface area (Å²) in [5.41, 5.74) is 6.08. The Bertz CT molecular complexity index is 618. The van der Waals surface area contributed by atoms with Crippen LogP contribution in [-0.2, 0) is 13.7 Å². The molecule has 6 nitrogen and oxygen atoms in total. The molecule has 106 valence electrons. The fourth-order valence-corrected chi connectivity index (χ4v) is 2.11. The maximum absolute atomic E-state index is 5.88. The van der Waals surface area contributed by atoms with Crippen molar-refractivity contribution >= 4 is 5.82 Å². The van der Waals surface area contributed by atoms with E-state index in [1.807, 2.05) is 55.9 Å². The van der Waals surface area contributed by atoms with Gasteiger partial charge in [0.15, 0.2) is 0 Å². The monoisotopic (exact) mass is 273 g/mol. The minimum absolute atomic E-state index is 0.458. The molecule has 1 aromatic carbocycles. The van der Waals surface area contributed by atoms with Crippen LogP contribution in [0.25, 0.3) is 0 Å². The van der Waals surface area contributed by atoms with Gasteiger partial charge in [0.25, 0.3) is 0 Å². The Hall–Kier alpha value is -2.50. The highest BCUT2D eigenvalue weighted by molar-refractivity contribution is 5.50. The third kappa shape index (κ3) is 2.90. The van der Waals surface area contributed by atoms with E-state index < -0.39 is 0 Å². The molecule has 6 heteroatoms. The van der Waals surface area contributed by atoms with E-state index in [1.165, 1.54) is 0 Å². The molecule has 0 aliphatic heterocycles. The van der Waals surface area contributed by atoms with Crippen molar-refractivity contribution in [1.29, 1.82) is 0 Å². The van der Waals surface area contributed by atoms with Crippen LogP contribution in [0.2, 0.25) is 0 Å². The Kier molecular flexibility index (Phi) is 4.24. The Morgan fingerprint density at radius 3 is 2.70 bits per heavy atom. The van der Waals surface area contributed by atoms with Crippen LogP contribution in [0.1, 0.15) is 16.7 Å². The number of nitrogens with zero attached hydrogens (tertiary/aromatic N) is 3. The average molecular weight is 273 g/mol. The second-order valence-corrected chi connectivity index (χ2v) is 4.63. The number of hydrogen-bond acceptors (Lipinski definition) is 3. The Morgan fingerprint density at radius 2 is 2.00 bits per heavy atom. The standard InChI is InChI=1S/C14H19N5O/c1-10-6-4-5-7-13(10)20-9-12-11(2)8-19(3)14(12)16-18-17-15/h4-8H,9H2,1-3H3,(H2,15,18)(H,16,17). The summed E-state index contributed by atoms with van der Waals surface area (Å²) >= 11 is 0. The van der Waals surface area contributed by atoms with Crippen LogP contribution >= 0.6 is 0 Å². The van der Waals surface area contributed by atoms with Crippen molar-refractivity contribution in [2.24, 2.45) is 23.3 Å². The summed E-state index contributed by atoms with van der Waals surface area (Å²) in [5, 5.41) is 6.84. The number of anilines is 1. The summed E-state index contributed by atoms with van der Waals surface area (Å²) in [4.78, 5) is 0. The molecule has 0 spiro atoms. The summed E-state index contributed by atoms with van der Waals surface area (Å²) in [6.45, 7) is 4.51. The molecule has 0 bridgehead atoms. The highest BCUT2D eigenvalue weighted by Gasteiger charge is 2.12. The molecule has 0 amide bonds. The fraction of sp³-hybridized carbons (Fsp3) is 0.286. The zero-order chi connectivity index (χ0) is 14.5. The van der Waals surface area contributed by atoms with Gasteiger partial charge in [-0.1, -0.05) is 28.6 Å². The first kappa shape index (κ1) is 13.9. The lowest BCUT2D eigenvalue weighted by molar-refractivity contribution is 0.304. The number of nitrogens with one attached hydrogen (secondary N) is 1. The quantitative estimate of drug-likeness (QED) is 0.499. The SMILES string of the molecule is Cc1ccccc1OCc1c(C)cn(C)c1N/N=N\N. The molecule has 1 aromatic heterocycles. The Morgan fingerprint density at radius 1 is 1.25 bits per heavy atom. The van der Waals surface area contributed by atoms with Crippen LogP contribution in [0.5, 0.6) is 5.75 Å². The van der Waals surface area contributed by atoms with Gasteiger partial charge in [-0.15, -0.1) is 0 Å². The van der Waals surface area contributed by atoms with Crippen LogP contribution < -0.4 is 16.0 Å². The molecule has 3 N–H and O–H groups in total. The van der Waals surface area contributed by atoms with Crippen LogP contribution in [0.15, 0.2) is 40.9 Å². The minimum atomic E-state index is 0.458. The second kappa shape index (κ2) is 6.10. The smallest absolute Gasteiger partial charge is 0.134 e. The molecule has 0 aliphatic carbocycles. The highest BCUT2D eigenvalue weighted by Crippen LogP contribution is 2.25. The average Bonchev–Trinajstić information content (AvgIpc) is 2.69. The van der Waals surface area contributed by atoms with Crippen molar-refractivity contribution in [2.45, 2.75) is 20.5 Å². The largest absolute Gasteiger partial charge is 0.488 e. The second-order valence-electron chi connectivity index (χ2n) is 4.63. The first-order valence-electron chi connectivity index (χ1n) is 6.32. The maximum atomic E-state index is 5.88. The van der Waals surface area contributed by atoms with Crippen LogP contribution in [0.4, 0.5) is 5.82 Å². The van der Waals surface area contributed by atoms with Gasteiger partial charge in [-0.25, -0.2) is 5.43 Å². The number of benzene rings is 1. The zero-order valence-corrected chi connectivity index (χ0v) is 11.9. The Balaban J connectivity index is 2.19. The summed E-state index contributed by atoms with van der Waals surface area (Å²) in [7, 11) is 1.93. The molecule has 0 unspecified atom stereocenters. The third-order valence-electron chi connectivity index (χ3n) is 3.18. The van der Waals surface area contributed by atoms with Gasteiger partial charge < -0.3 is 15.1 Å². The summed E-state index contributed by atoms with van der Waals surface area (Å²) < 4.78 is 7.81. The van der Waals surface area contributed by atoms with Crippen molar-refractivity contribution < 1.29 is 4.74 Å². The molecule has 0 saturated heterocycles. The highest BCUT2D eigenvalue weighted by atomic mass is 16.5. The van der Waals surface area contributed by atoms with E-state index in [-0.39, 0.29) is 0 Å². The van der Waals surface area contributed by atoms with Crippen molar-refractivity contribution in [1.82, 2.24) is 4.57 Å². The van der Waals surface area contributed by atoms with Crippen molar-refractivity contribution in [3.63, 3.8) is 0 Å². The van der Waals surface area contributed by atoms with Gasteiger partial charge in [0.2, 0.25) is 0 Å². The van der Waals surface area contributed by atoms with Crippen LogP contribution in [0, 0.1) is 13.8 Å². The lowest BCUT2D eigenvalue weighted by Crippen LogP contribution is -2.03. The van der Waals surface area contributed by atoms with Gasteiger partial charge in [-0.2, -0.15) is 0 Å². The lowest BCUT2D eigenvalue weighted by atomic mass is 10.2. The normalized spacial score (nSPS) is 10.9. The molecule has 2 rings (SSSR count).